The Balaban J connectivity index is 2.23. The number of nitrogens with one attached hydrogen (secondary N) is 1. The normalized spacial score (nSPS) is 12.7. The average Bonchev–Trinajstić information content (AvgIpc) is 2.73. The zero-order chi connectivity index (χ0) is 23.1. The van der Waals surface area contributed by atoms with Gasteiger partial charge in [0.15, 0.2) is 6.61 Å². The van der Waals surface area contributed by atoms with Crippen molar-refractivity contribution in [1.82, 2.24) is 10.2 Å². The molecule has 0 saturated heterocycles. The molecule has 0 aliphatic heterocycles. The number of aryl methyl sites for hydroxylation is 1. The van der Waals surface area contributed by atoms with E-state index in [0.717, 1.165) is 12.0 Å². The number of hydrogen-bond acceptors (Lipinski definition) is 3. The predicted octanol–water partition coefficient (Wildman–Crippen LogP) is 5.67. The Kier molecular flexibility index (Phi) is 9.48. The summed E-state index contributed by atoms with van der Waals surface area (Å²) in [5.74, 6) is -0.105. The van der Waals surface area contributed by atoms with Crippen molar-refractivity contribution in [3.8, 4) is 5.75 Å². The Morgan fingerprint density at radius 1 is 1.06 bits per heavy atom. The molecule has 0 radical (unpaired) electrons. The van der Waals surface area contributed by atoms with Crippen molar-refractivity contribution < 1.29 is 14.3 Å². The van der Waals surface area contributed by atoms with Crippen LogP contribution in [0.2, 0.25) is 15.1 Å². The fourth-order valence-electron chi connectivity index (χ4n) is 2.84. The van der Waals surface area contributed by atoms with Gasteiger partial charge in [-0.15, -0.1) is 0 Å². The number of carbonyl (C=O) groups is 2. The molecule has 2 aromatic rings. The molecule has 5 nitrogen and oxygen atoms in total. The summed E-state index contributed by atoms with van der Waals surface area (Å²) in [6.45, 7) is 7.24. The summed E-state index contributed by atoms with van der Waals surface area (Å²) in [6, 6.07) is 9.52. The van der Waals surface area contributed by atoms with Crippen LogP contribution in [0, 0.1) is 6.92 Å². The van der Waals surface area contributed by atoms with Gasteiger partial charge in [0, 0.05) is 33.2 Å². The molecule has 8 heteroatoms. The predicted molar refractivity (Wildman–Crippen MR) is 126 cm³/mol. The largest absolute Gasteiger partial charge is 0.484 e. The average molecular weight is 486 g/mol. The van der Waals surface area contributed by atoms with Gasteiger partial charge in [0.1, 0.15) is 11.8 Å². The van der Waals surface area contributed by atoms with Crippen LogP contribution in [0.4, 0.5) is 0 Å². The third-order valence-corrected chi connectivity index (χ3v) is 6.18. The Bertz CT molecular complexity index is 916. The first-order valence-corrected chi connectivity index (χ1v) is 11.2. The van der Waals surface area contributed by atoms with Gasteiger partial charge in [-0.25, -0.2) is 0 Å². The molecule has 1 N–H and O–H groups in total. The zero-order valence-electron chi connectivity index (χ0n) is 18.0. The van der Waals surface area contributed by atoms with Crippen molar-refractivity contribution in [2.75, 3.05) is 6.61 Å². The van der Waals surface area contributed by atoms with Crippen molar-refractivity contribution >= 4 is 46.6 Å². The van der Waals surface area contributed by atoms with Gasteiger partial charge in [-0.2, -0.15) is 0 Å². The monoisotopic (exact) mass is 484 g/mol. The summed E-state index contributed by atoms with van der Waals surface area (Å²) in [5.41, 5.74) is 1.41. The minimum atomic E-state index is -0.746. The second kappa shape index (κ2) is 11.6. The number of hydrogen-bond donors (Lipinski definition) is 1. The third-order valence-electron chi connectivity index (χ3n) is 5.05. The van der Waals surface area contributed by atoms with E-state index in [1.807, 2.05) is 20.8 Å². The smallest absolute Gasteiger partial charge is 0.261 e. The van der Waals surface area contributed by atoms with Crippen molar-refractivity contribution in [3.05, 3.63) is 62.6 Å². The molecule has 31 heavy (non-hydrogen) atoms. The number of halogens is 3. The molecule has 0 heterocycles. The Morgan fingerprint density at radius 2 is 1.71 bits per heavy atom. The van der Waals surface area contributed by atoms with E-state index in [-0.39, 0.29) is 31.0 Å². The van der Waals surface area contributed by atoms with Crippen molar-refractivity contribution in [2.24, 2.45) is 0 Å². The second-order valence-corrected chi connectivity index (χ2v) is 8.64. The highest BCUT2D eigenvalue weighted by molar-refractivity contribution is 6.36. The van der Waals surface area contributed by atoms with Crippen LogP contribution in [0.25, 0.3) is 0 Å². The van der Waals surface area contributed by atoms with E-state index in [4.69, 9.17) is 39.5 Å². The molecule has 0 fully saturated rings. The van der Waals surface area contributed by atoms with Crippen LogP contribution < -0.4 is 10.1 Å². The maximum absolute atomic E-state index is 13.1. The van der Waals surface area contributed by atoms with Crippen LogP contribution in [0.15, 0.2) is 36.4 Å². The lowest BCUT2D eigenvalue weighted by Gasteiger charge is -2.30. The van der Waals surface area contributed by atoms with Crippen molar-refractivity contribution in [1.29, 1.82) is 0 Å². The van der Waals surface area contributed by atoms with Crippen LogP contribution in [0.5, 0.6) is 5.75 Å². The minimum Gasteiger partial charge on any atom is -0.484 e. The SMILES string of the molecule is CC[C@@H](C)NC(=O)[C@H](C)N(Cc1c(Cl)cccc1Cl)C(=O)COc1ccc(Cl)c(C)c1. The number of rotatable bonds is 9. The van der Waals surface area contributed by atoms with Gasteiger partial charge in [0.2, 0.25) is 5.91 Å². The van der Waals surface area contributed by atoms with Gasteiger partial charge >= 0.3 is 0 Å². The molecule has 2 amide bonds. The molecule has 0 spiro atoms. The summed E-state index contributed by atoms with van der Waals surface area (Å²) >= 11 is 18.7. The van der Waals surface area contributed by atoms with E-state index < -0.39 is 6.04 Å². The lowest BCUT2D eigenvalue weighted by atomic mass is 10.1. The van der Waals surface area contributed by atoms with E-state index in [1.165, 1.54) is 4.90 Å². The van der Waals surface area contributed by atoms with Crippen LogP contribution >= 0.6 is 34.8 Å². The fraction of sp³-hybridized carbons (Fsp3) is 0.391. The Labute approximate surface area is 198 Å². The van der Waals surface area contributed by atoms with Crippen molar-refractivity contribution in [3.63, 3.8) is 0 Å². The van der Waals surface area contributed by atoms with Crippen LogP contribution in [0.3, 0.4) is 0 Å². The standard InChI is InChI=1S/C23H27Cl3N2O3/c1-5-15(3)27-23(30)16(4)28(12-18-20(25)7-6-8-21(18)26)22(29)13-31-17-9-10-19(24)14(2)11-17/h6-11,15-16H,5,12-13H2,1-4H3,(H,27,30)/t15-,16+/m1/s1. The highest BCUT2D eigenvalue weighted by atomic mass is 35.5. The minimum absolute atomic E-state index is 0.0101. The molecular formula is C23H27Cl3N2O3. The fourth-order valence-corrected chi connectivity index (χ4v) is 3.47. The molecule has 0 aromatic heterocycles. The van der Waals surface area contributed by atoms with E-state index in [1.54, 1.807) is 43.3 Å². The lowest BCUT2D eigenvalue weighted by molar-refractivity contribution is -0.142. The lowest BCUT2D eigenvalue weighted by Crippen LogP contribution is -2.50. The highest BCUT2D eigenvalue weighted by Gasteiger charge is 2.28. The molecule has 2 atom stereocenters. The van der Waals surface area contributed by atoms with E-state index >= 15 is 0 Å². The number of ether oxygens (including phenoxy) is 1. The Hall–Kier alpha value is -1.95. The summed E-state index contributed by atoms with van der Waals surface area (Å²) in [7, 11) is 0. The van der Waals surface area contributed by atoms with E-state index in [2.05, 4.69) is 5.32 Å². The van der Waals surface area contributed by atoms with Crippen LogP contribution in [-0.4, -0.2) is 35.4 Å². The molecule has 0 aliphatic rings. The topological polar surface area (TPSA) is 58.6 Å². The molecule has 0 aliphatic carbocycles. The molecule has 0 saturated carbocycles. The van der Waals surface area contributed by atoms with Crippen LogP contribution in [-0.2, 0) is 16.1 Å². The van der Waals surface area contributed by atoms with E-state index in [0.29, 0.717) is 26.4 Å². The number of carbonyl (C=O) groups excluding carboxylic acids is 2. The quantitative estimate of drug-likeness (QED) is 0.498. The summed E-state index contributed by atoms with van der Waals surface area (Å²) in [6.07, 6.45) is 0.780. The third kappa shape index (κ3) is 7.03. The molecule has 168 valence electrons. The summed E-state index contributed by atoms with van der Waals surface area (Å²) < 4.78 is 5.67. The van der Waals surface area contributed by atoms with Gasteiger partial charge in [0.05, 0.1) is 0 Å². The highest BCUT2D eigenvalue weighted by Crippen LogP contribution is 2.27. The van der Waals surface area contributed by atoms with Crippen molar-refractivity contribution in [2.45, 2.75) is 52.7 Å². The van der Waals surface area contributed by atoms with Gasteiger partial charge < -0.3 is 15.0 Å². The number of benzene rings is 2. The van der Waals surface area contributed by atoms with Gasteiger partial charge in [-0.1, -0.05) is 47.8 Å². The maximum Gasteiger partial charge on any atom is 0.261 e. The number of nitrogens with zero attached hydrogens (tertiary/aromatic N) is 1. The first kappa shape index (κ1) is 25.3. The van der Waals surface area contributed by atoms with Crippen LogP contribution in [0.1, 0.15) is 38.3 Å². The summed E-state index contributed by atoms with van der Waals surface area (Å²) in [5, 5.41) is 4.38. The zero-order valence-corrected chi connectivity index (χ0v) is 20.3. The molecule has 0 bridgehead atoms. The van der Waals surface area contributed by atoms with E-state index in [9.17, 15) is 9.59 Å². The molecular weight excluding hydrogens is 459 g/mol. The Morgan fingerprint density at radius 3 is 2.29 bits per heavy atom. The molecule has 0 unspecified atom stereocenters. The number of amides is 2. The van der Waals surface area contributed by atoms with Gasteiger partial charge in [-0.3, -0.25) is 9.59 Å². The first-order chi connectivity index (χ1) is 14.6. The molecule has 2 rings (SSSR count). The summed E-state index contributed by atoms with van der Waals surface area (Å²) in [4.78, 5) is 27.3. The maximum atomic E-state index is 13.1. The second-order valence-electron chi connectivity index (χ2n) is 7.42. The van der Waals surface area contributed by atoms with Gasteiger partial charge in [-0.05, 0) is 63.1 Å². The van der Waals surface area contributed by atoms with Gasteiger partial charge in [0.25, 0.3) is 5.91 Å². The first-order valence-electron chi connectivity index (χ1n) is 10.1. The molecule has 2 aromatic carbocycles.